The Hall–Kier alpha value is -2.79. The summed E-state index contributed by atoms with van der Waals surface area (Å²) in [6.07, 6.45) is 4.32. The third-order valence-electron chi connectivity index (χ3n) is 5.26. The van der Waals surface area contributed by atoms with E-state index in [9.17, 15) is 4.79 Å². The van der Waals surface area contributed by atoms with Crippen molar-refractivity contribution in [2.45, 2.75) is 25.2 Å². The maximum absolute atomic E-state index is 13.0. The van der Waals surface area contributed by atoms with Crippen molar-refractivity contribution in [3.8, 4) is 5.75 Å². The number of hydrogen-bond acceptors (Lipinski definition) is 4. The van der Waals surface area contributed by atoms with Crippen LogP contribution in [0.4, 0.5) is 0 Å². The van der Waals surface area contributed by atoms with Crippen molar-refractivity contribution in [2.75, 3.05) is 20.2 Å². The Morgan fingerprint density at radius 2 is 2.03 bits per heavy atom. The van der Waals surface area contributed by atoms with Crippen LogP contribution in [-0.2, 0) is 6.42 Å². The summed E-state index contributed by atoms with van der Waals surface area (Å²) in [6.45, 7) is 1.32. The minimum absolute atomic E-state index is 0.0138. The second kappa shape index (κ2) is 8.70. The molecule has 0 N–H and O–H groups in total. The molecule has 1 aromatic heterocycles. The first-order valence-electron chi connectivity index (χ1n) is 9.75. The smallest absolute Gasteiger partial charge is 0.257 e. The summed E-state index contributed by atoms with van der Waals surface area (Å²) in [5.74, 6) is 2.20. The highest BCUT2D eigenvalue weighted by atomic mass is 35.5. The van der Waals surface area contributed by atoms with E-state index in [4.69, 9.17) is 20.8 Å². The molecule has 0 radical (unpaired) electrons. The van der Waals surface area contributed by atoms with E-state index < -0.39 is 0 Å². The SMILES string of the molecule is COc1ccccc1C(=O)N1CCC[C@H](c2ncc(Cc3ccc(Cl)cc3)o2)C1. The summed E-state index contributed by atoms with van der Waals surface area (Å²) in [6, 6.07) is 15.1. The van der Waals surface area contributed by atoms with E-state index in [1.807, 2.05) is 47.4 Å². The topological polar surface area (TPSA) is 55.6 Å². The van der Waals surface area contributed by atoms with Crippen LogP contribution in [0.15, 0.2) is 59.1 Å². The van der Waals surface area contributed by atoms with E-state index in [-0.39, 0.29) is 11.8 Å². The molecule has 1 aliphatic rings. The summed E-state index contributed by atoms with van der Waals surface area (Å²) >= 11 is 5.95. The molecule has 1 aliphatic heterocycles. The van der Waals surface area contributed by atoms with Gasteiger partial charge in [0.25, 0.3) is 5.91 Å². The van der Waals surface area contributed by atoms with Gasteiger partial charge < -0.3 is 14.1 Å². The number of likely N-dealkylation sites (tertiary alicyclic amines) is 1. The van der Waals surface area contributed by atoms with Crippen molar-refractivity contribution in [3.05, 3.63) is 82.5 Å². The van der Waals surface area contributed by atoms with Gasteiger partial charge in [-0.25, -0.2) is 4.98 Å². The number of halogens is 1. The molecule has 4 rings (SSSR count). The zero-order valence-corrected chi connectivity index (χ0v) is 17.1. The van der Waals surface area contributed by atoms with Crippen LogP contribution in [0, 0.1) is 0 Å². The molecule has 6 heteroatoms. The molecule has 0 spiro atoms. The van der Waals surface area contributed by atoms with Gasteiger partial charge in [-0.15, -0.1) is 0 Å². The molecular weight excluding hydrogens is 388 g/mol. The van der Waals surface area contributed by atoms with Crippen molar-refractivity contribution in [2.24, 2.45) is 0 Å². The molecular formula is C23H23ClN2O3. The van der Waals surface area contributed by atoms with Crippen molar-refractivity contribution in [1.29, 1.82) is 0 Å². The number of piperidine rings is 1. The minimum Gasteiger partial charge on any atom is -0.496 e. The normalized spacial score (nSPS) is 16.6. The van der Waals surface area contributed by atoms with Gasteiger partial charge in [0.05, 0.1) is 24.8 Å². The summed E-state index contributed by atoms with van der Waals surface area (Å²) < 4.78 is 11.4. The number of methoxy groups -OCH3 is 1. The number of carbonyl (C=O) groups is 1. The first-order valence-corrected chi connectivity index (χ1v) is 10.1. The van der Waals surface area contributed by atoms with Crippen molar-refractivity contribution < 1.29 is 13.9 Å². The summed E-state index contributed by atoms with van der Waals surface area (Å²) in [7, 11) is 1.58. The van der Waals surface area contributed by atoms with Gasteiger partial charge in [0.15, 0.2) is 5.89 Å². The third kappa shape index (κ3) is 4.46. The van der Waals surface area contributed by atoms with Crippen molar-refractivity contribution >= 4 is 17.5 Å². The molecule has 1 saturated heterocycles. The highest BCUT2D eigenvalue weighted by Crippen LogP contribution is 2.29. The van der Waals surface area contributed by atoms with Gasteiger partial charge in [-0.05, 0) is 42.7 Å². The van der Waals surface area contributed by atoms with Gasteiger partial charge in [0.2, 0.25) is 0 Å². The third-order valence-corrected chi connectivity index (χ3v) is 5.51. The first-order chi connectivity index (χ1) is 14.1. The van der Waals surface area contributed by atoms with E-state index in [1.54, 1.807) is 19.4 Å². The molecule has 1 atom stereocenters. The number of rotatable bonds is 5. The van der Waals surface area contributed by atoms with E-state index in [2.05, 4.69) is 4.98 Å². The maximum atomic E-state index is 13.0. The number of aromatic nitrogens is 1. The largest absolute Gasteiger partial charge is 0.496 e. The van der Waals surface area contributed by atoms with Crippen LogP contribution in [0.5, 0.6) is 5.75 Å². The number of amides is 1. The summed E-state index contributed by atoms with van der Waals surface area (Å²) in [5, 5.41) is 0.717. The average molecular weight is 411 g/mol. The molecule has 2 aromatic carbocycles. The van der Waals surface area contributed by atoms with Crippen molar-refractivity contribution in [1.82, 2.24) is 9.88 Å². The van der Waals surface area contributed by atoms with Crippen LogP contribution in [0.25, 0.3) is 0 Å². The number of carbonyl (C=O) groups excluding carboxylic acids is 1. The van der Waals surface area contributed by atoms with E-state index in [0.29, 0.717) is 35.2 Å². The van der Waals surface area contributed by atoms with Crippen LogP contribution >= 0.6 is 11.6 Å². The minimum atomic E-state index is -0.0138. The Morgan fingerprint density at radius 1 is 1.24 bits per heavy atom. The Bertz CT molecular complexity index is 984. The fourth-order valence-corrected chi connectivity index (χ4v) is 3.88. The lowest BCUT2D eigenvalue weighted by atomic mass is 9.97. The molecule has 2 heterocycles. The first kappa shape index (κ1) is 19.5. The van der Waals surface area contributed by atoms with Crippen LogP contribution in [0.2, 0.25) is 5.02 Å². The summed E-state index contributed by atoms with van der Waals surface area (Å²) in [5.41, 5.74) is 1.71. The zero-order valence-electron chi connectivity index (χ0n) is 16.3. The van der Waals surface area contributed by atoms with Crippen LogP contribution in [0.1, 0.15) is 46.3 Å². The quantitative estimate of drug-likeness (QED) is 0.597. The fourth-order valence-electron chi connectivity index (χ4n) is 3.75. The van der Waals surface area contributed by atoms with E-state index in [1.165, 1.54) is 0 Å². The number of nitrogens with zero attached hydrogens (tertiary/aromatic N) is 2. The maximum Gasteiger partial charge on any atom is 0.257 e. The number of oxazole rings is 1. The number of para-hydroxylation sites is 1. The number of hydrogen-bond donors (Lipinski definition) is 0. The van der Waals surface area contributed by atoms with Gasteiger partial charge in [-0.1, -0.05) is 35.9 Å². The average Bonchev–Trinajstić information content (AvgIpc) is 3.23. The highest BCUT2D eigenvalue weighted by molar-refractivity contribution is 6.30. The van der Waals surface area contributed by atoms with Crippen LogP contribution in [-0.4, -0.2) is 36.0 Å². The van der Waals surface area contributed by atoms with Gasteiger partial charge in [-0.2, -0.15) is 0 Å². The fraction of sp³-hybridized carbons (Fsp3) is 0.304. The van der Waals surface area contributed by atoms with Crippen molar-refractivity contribution in [3.63, 3.8) is 0 Å². The molecule has 0 unspecified atom stereocenters. The van der Waals surface area contributed by atoms with Crippen LogP contribution in [0.3, 0.4) is 0 Å². The Kier molecular flexibility index (Phi) is 5.86. The van der Waals surface area contributed by atoms with Gasteiger partial charge in [0, 0.05) is 24.5 Å². The number of benzene rings is 2. The zero-order chi connectivity index (χ0) is 20.2. The molecule has 29 heavy (non-hydrogen) atoms. The molecule has 5 nitrogen and oxygen atoms in total. The number of ether oxygens (including phenoxy) is 1. The monoisotopic (exact) mass is 410 g/mol. The standard InChI is InChI=1S/C23H23ClN2O3/c1-28-21-7-3-2-6-20(21)23(27)26-12-4-5-17(15-26)22-25-14-19(29-22)13-16-8-10-18(24)11-9-16/h2-3,6-11,14,17H,4-5,12-13,15H2,1H3/t17-/m0/s1. The van der Waals surface area contributed by atoms with E-state index in [0.717, 1.165) is 30.7 Å². The Morgan fingerprint density at radius 3 is 2.83 bits per heavy atom. The predicted molar refractivity (Wildman–Crippen MR) is 112 cm³/mol. The van der Waals surface area contributed by atoms with E-state index >= 15 is 0 Å². The molecule has 0 saturated carbocycles. The Balaban J connectivity index is 1.45. The molecule has 1 fully saturated rings. The molecule has 3 aromatic rings. The lowest BCUT2D eigenvalue weighted by Crippen LogP contribution is -2.39. The Labute approximate surface area is 175 Å². The molecule has 0 bridgehead atoms. The predicted octanol–water partition coefficient (Wildman–Crippen LogP) is 4.95. The lowest BCUT2D eigenvalue weighted by Gasteiger charge is -2.31. The molecule has 1 amide bonds. The molecule has 150 valence electrons. The van der Waals surface area contributed by atoms with Gasteiger partial charge >= 0.3 is 0 Å². The van der Waals surface area contributed by atoms with Gasteiger partial charge in [0.1, 0.15) is 11.5 Å². The summed E-state index contributed by atoms with van der Waals surface area (Å²) in [4.78, 5) is 19.4. The lowest BCUT2D eigenvalue weighted by molar-refractivity contribution is 0.0694. The second-order valence-electron chi connectivity index (χ2n) is 7.26. The second-order valence-corrected chi connectivity index (χ2v) is 7.70. The van der Waals surface area contributed by atoms with Crippen LogP contribution < -0.4 is 4.74 Å². The molecule has 0 aliphatic carbocycles. The highest BCUT2D eigenvalue weighted by Gasteiger charge is 2.29. The van der Waals surface area contributed by atoms with Gasteiger partial charge in [-0.3, -0.25) is 4.79 Å².